The van der Waals surface area contributed by atoms with Gasteiger partial charge in [0, 0.05) is 29.8 Å². The number of nitrogens with zero attached hydrogens (tertiary/aromatic N) is 1. The van der Waals surface area contributed by atoms with Crippen LogP contribution in [0, 0.1) is 0 Å². The standard InChI is InChI=1S/C17H19BrN2/c18-16-6-5-13(11-17(16)19)12-20-9-7-14-3-1-2-4-15(14)8-10-20/h1-6,11H,7-10,12,19H2. The molecule has 0 fully saturated rings. The third-order valence-electron chi connectivity index (χ3n) is 3.98. The molecule has 3 rings (SSSR count). The number of nitrogen functional groups attached to an aromatic ring is 1. The molecule has 104 valence electrons. The number of anilines is 1. The summed E-state index contributed by atoms with van der Waals surface area (Å²) in [5, 5.41) is 0. The summed E-state index contributed by atoms with van der Waals surface area (Å²) in [4.78, 5) is 2.52. The molecule has 0 saturated carbocycles. The molecule has 0 bridgehead atoms. The van der Waals surface area contributed by atoms with Crippen molar-refractivity contribution in [1.29, 1.82) is 0 Å². The van der Waals surface area contributed by atoms with Gasteiger partial charge in [-0.2, -0.15) is 0 Å². The Bertz CT molecular complexity index is 583. The van der Waals surface area contributed by atoms with E-state index in [4.69, 9.17) is 5.73 Å². The Balaban J connectivity index is 1.69. The van der Waals surface area contributed by atoms with Crippen molar-refractivity contribution < 1.29 is 0 Å². The first-order valence-electron chi connectivity index (χ1n) is 7.05. The normalized spacial score (nSPS) is 15.7. The van der Waals surface area contributed by atoms with E-state index in [0.717, 1.165) is 42.6 Å². The molecule has 0 radical (unpaired) electrons. The summed E-state index contributed by atoms with van der Waals surface area (Å²) in [6.45, 7) is 3.21. The highest BCUT2D eigenvalue weighted by atomic mass is 79.9. The number of nitrogens with two attached hydrogens (primary N) is 1. The monoisotopic (exact) mass is 330 g/mol. The highest BCUT2D eigenvalue weighted by molar-refractivity contribution is 9.10. The number of fused-ring (bicyclic) bond motifs is 1. The molecule has 3 heteroatoms. The van der Waals surface area contributed by atoms with Crippen molar-refractivity contribution in [1.82, 2.24) is 4.90 Å². The molecule has 1 heterocycles. The molecular weight excluding hydrogens is 312 g/mol. The van der Waals surface area contributed by atoms with E-state index in [-0.39, 0.29) is 0 Å². The van der Waals surface area contributed by atoms with Gasteiger partial charge in [-0.05, 0) is 57.6 Å². The van der Waals surface area contributed by atoms with Gasteiger partial charge >= 0.3 is 0 Å². The van der Waals surface area contributed by atoms with Crippen LogP contribution in [0.3, 0.4) is 0 Å². The van der Waals surface area contributed by atoms with Crippen LogP contribution in [0.25, 0.3) is 0 Å². The van der Waals surface area contributed by atoms with E-state index in [1.54, 1.807) is 0 Å². The molecule has 2 nitrogen and oxygen atoms in total. The number of benzene rings is 2. The topological polar surface area (TPSA) is 29.3 Å². The minimum absolute atomic E-state index is 0.820. The second kappa shape index (κ2) is 5.98. The van der Waals surface area contributed by atoms with Crippen LogP contribution in [0.4, 0.5) is 5.69 Å². The van der Waals surface area contributed by atoms with Gasteiger partial charge in [0.2, 0.25) is 0 Å². The molecule has 0 unspecified atom stereocenters. The first-order valence-corrected chi connectivity index (χ1v) is 7.85. The molecule has 1 aliphatic heterocycles. The molecule has 0 atom stereocenters. The summed E-state index contributed by atoms with van der Waals surface area (Å²) in [5.74, 6) is 0. The van der Waals surface area contributed by atoms with Crippen molar-refractivity contribution in [3.8, 4) is 0 Å². The first-order chi connectivity index (χ1) is 9.72. The fourth-order valence-corrected chi connectivity index (χ4v) is 3.07. The molecule has 0 aromatic heterocycles. The largest absolute Gasteiger partial charge is 0.398 e. The lowest BCUT2D eigenvalue weighted by Crippen LogP contribution is -2.25. The zero-order valence-corrected chi connectivity index (χ0v) is 13.1. The summed E-state index contributed by atoms with van der Waals surface area (Å²) in [6.07, 6.45) is 2.28. The Morgan fingerprint density at radius 2 is 1.65 bits per heavy atom. The van der Waals surface area contributed by atoms with Crippen molar-refractivity contribution in [2.45, 2.75) is 19.4 Å². The fourth-order valence-electron chi connectivity index (χ4n) is 2.82. The third-order valence-corrected chi connectivity index (χ3v) is 4.70. The molecule has 2 aromatic carbocycles. The number of halogens is 1. The van der Waals surface area contributed by atoms with Crippen LogP contribution in [0.2, 0.25) is 0 Å². The maximum atomic E-state index is 5.96. The van der Waals surface area contributed by atoms with E-state index in [0.29, 0.717) is 0 Å². The van der Waals surface area contributed by atoms with Gasteiger partial charge in [-0.15, -0.1) is 0 Å². The highest BCUT2D eigenvalue weighted by Gasteiger charge is 2.13. The van der Waals surface area contributed by atoms with Crippen LogP contribution in [0.1, 0.15) is 16.7 Å². The van der Waals surface area contributed by atoms with Gasteiger partial charge in [-0.1, -0.05) is 30.3 Å². The van der Waals surface area contributed by atoms with Crippen molar-refractivity contribution in [2.75, 3.05) is 18.8 Å². The van der Waals surface area contributed by atoms with Crippen molar-refractivity contribution in [3.05, 3.63) is 63.6 Å². The predicted molar refractivity (Wildman–Crippen MR) is 87.7 cm³/mol. The molecule has 1 aliphatic rings. The van der Waals surface area contributed by atoms with Crippen LogP contribution >= 0.6 is 15.9 Å². The second-order valence-electron chi connectivity index (χ2n) is 5.40. The third kappa shape index (κ3) is 3.05. The van der Waals surface area contributed by atoms with Gasteiger partial charge in [0.25, 0.3) is 0 Å². The van der Waals surface area contributed by atoms with Gasteiger partial charge in [-0.3, -0.25) is 4.90 Å². The average molecular weight is 331 g/mol. The Hall–Kier alpha value is -1.32. The van der Waals surface area contributed by atoms with Crippen LogP contribution in [0.5, 0.6) is 0 Å². The van der Waals surface area contributed by atoms with E-state index in [2.05, 4.69) is 57.2 Å². The Labute approximate surface area is 128 Å². The van der Waals surface area contributed by atoms with Crippen LogP contribution in [0.15, 0.2) is 46.9 Å². The molecule has 20 heavy (non-hydrogen) atoms. The molecule has 2 aromatic rings. The molecule has 0 aliphatic carbocycles. The van der Waals surface area contributed by atoms with E-state index in [9.17, 15) is 0 Å². The van der Waals surface area contributed by atoms with E-state index in [1.807, 2.05) is 6.07 Å². The second-order valence-corrected chi connectivity index (χ2v) is 6.26. The lowest BCUT2D eigenvalue weighted by Gasteiger charge is -2.20. The number of rotatable bonds is 2. The highest BCUT2D eigenvalue weighted by Crippen LogP contribution is 2.22. The molecular formula is C17H19BrN2. The molecule has 2 N–H and O–H groups in total. The average Bonchev–Trinajstić information content (AvgIpc) is 2.66. The molecule has 0 spiro atoms. The Morgan fingerprint density at radius 1 is 1.00 bits per heavy atom. The van der Waals surface area contributed by atoms with Crippen molar-refractivity contribution in [2.24, 2.45) is 0 Å². The zero-order valence-electron chi connectivity index (χ0n) is 11.5. The van der Waals surface area contributed by atoms with Crippen molar-refractivity contribution >= 4 is 21.6 Å². The summed E-state index contributed by atoms with van der Waals surface area (Å²) < 4.78 is 0.976. The maximum Gasteiger partial charge on any atom is 0.0461 e. The fraction of sp³-hybridized carbons (Fsp3) is 0.294. The smallest absolute Gasteiger partial charge is 0.0461 e. The van der Waals surface area contributed by atoms with Crippen LogP contribution in [-0.4, -0.2) is 18.0 Å². The van der Waals surface area contributed by atoms with E-state index in [1.165, 1.54) is 16.7 Å². The lowest BCUT2D eigenvalue weighted by molar-refractivity contribution is 0.279. The summed E-state index contributed by atoms with van der Waals surface area (Å²) in [5.41, 5.74) is 11.1. The minimum atomic E-state index is 0.820. The van der Waals surface area contributed by atoms with E-state index < -0.39 is 0 Å². The molecule has 0 amide bonds. The minimum Gasteiger partial charge on any atom is -0.398 e. The lowest BCUT2D eigenvalue weighted by atomic mass is 10.0. The van der Waals surface area contributed by atoms with Crippen molar-refractivity contribution in [3.63, 3.8) is 0 Å². The van der Waals surface area contributed by atoms with Crippen LogP contribution < -0.4 is 5.73 Å². The zero-order chi connectivity index (χ0) is 13.9. The number of hydrogen-bond donors (Lipinski definition) is 1. The Kier molecular flexibility index (Phi) is 4.08. The predicted octanol–water partition coefficient (Wildman–Crippen LogP) is 3.63. The number of hydrogen-bond acceptors (Lipinski definition) is 2. The SMILES string of the molecule is Nc1cc(CN2CCc3ccccc3CC2)ccc1Br. The summed E-state index contributed by atoms with van der Waals surface area (Å²) in [7, 11) is 0. The Morgan fingerprint density at radius 3 is 2.25 bits per heavy atom. The van der Waals surface area contributed by atoms with Gasteiger partial charge in [-0.25, -0.2) is 0 Å². The maximum absolute atomic E-state index is 5.96. The summed E-state index contributed by atoms with van der Waals surface area (Å²) >= 11 is 3.45. The van der Waals surface area contributed by atoms with Crippen LogP contribution in [-0.2, 0) is 19.4 Å². The van der Waals surface area contributed by atoms with Gasteiger partial charge in [0.1, 0.15) is 0 Å². The van der Waals surface area contributed by atoms with Gasteiger partial charge in [0.15, 0.2) is 0 Å². The van der Waals surface area contributed by atoms with Gasteiger partial charge < -0.3 is 5.73 Å². The first kappa shape index (κ1) is 13.7. The van der Waals surface area contributed by atoms with Gasteiger partial charge in [0.05, 0.1) is 0 Å². The summed E-state index contributed by atoms with van der Waals surface area (Å²) in [6, 6.07) is 15.1. The quantitative estimate of drug-likeness (QED) is 0.852. The molecule has 0 saturated heterocycles. The van der Waals surface area contributed by atoms with E-state index >= 15 is 0 Å².